The molecule has 0 N–H and O–H groups in total. The Hall–Kier alpha value is -2.39. The lowest BCUT2D eigenvalue weighted by molar-refractivity contribution is -0.389. The molecule has 0 fully saturated rings. The third-order valence-corrected chi connectivity index (χ3v) is 2.29. The van der Waals surface area contributed by atoms with E-state index in [1.54, 1.807) is 6.92 Å². The van der Waals surface area contributed by atoms with Gasteiger partial charge in [0.05, 0.1) is 23.6 Å². The number of alkyl halides is 3. The third kappa shape index (κ3) is 4.89. The lowest BCUT2D eigenvalue weighted by Gasteiger charge is -2.11. The Bertz CT molecular complexity index is 560. The van der Waals surface area contributed by atoms with E-state index in [0.717, 1.165) is 6.07 Å². The molecule has 0 saturated carbocycles. The molecule has 116 valence electrons. The van der Waals surface area contributed by atoms with Crippen LogP contribution in [0.3, 0.4) is 0 Å². The summed E-state index contributed by atoms with van der Waals surface area (Å²) in [6, 6.07) is 0.864. The van der Waals surface area contributed by atoms with Crippen LogP contribution in [-0.2, 0) is 16.0 Å². The lowest BCUT2D eigenvalue weighted by atomic mass is 10.1. The molecule has 0 spiro atoms. The van der Waals surface area contributed by atoms with E-state index in [1.165, 1.54) is 6.92 Å². The number of halogens is 3. The molecule has 0 aliphatic rings. The number of ether oxygens (including phenoxy) is 2. The fourth-order valence-electron chi connectivity index (χ4n) is 1.46. The average molecular weight is 308 g/mol. The van der Waals surface area contributed by atoms with Crippen LogP contribution >= 0.6 is 0 Å². The zero-order chi connectivity index (χ0) is 16.2. The second-order valence-corrected chi connectivity index (χ2v) is 3.86. The van der Waals surface area contributed by atoms with Crippen LogP contribution in [0, 0.1) is 17.0 Å². The summed E-state index contributed by atoms with van der Waals surface area (Å²) in [6.45, 7) is 3.04. The summed E-state index contributed by atoms with van der Waals surface area (Å²) in [7, 11) is 0. The van der Waals surface area contributed by atoms with Crippen LogP contribution in [-0.4, -0.2) is 28.8 Å². The van der Waals surface area contributed by atoms with Gasteiger partial charge in [-0.3, -0.25) is 14.9 Å². The summed E-state index contributed by atoms with van der Waals surface area (Å²) in [4.78, 5) is 24.4. The summed E-state index contributed by atoms with van der Waals surface area (Å²) in [5.74, 6) is -1.92. The molecular weight excluding hydrogens is 297 g/mol. The monoisotopic (exact) mass is 308 g/mol. The van der Waals surface area contributed by atoms with Crippen molar-refractivity contribution in [2.24, 2.45) is 0 Å². The van der Waals surface area contributed by atoms with Gasteiger partial charge in [-0.25, -0.2) is 4.98 Å². The van der Waals surface area contributed by atoms with Crippen molar-refractivity contribution in [2.75, 3.05) is 6.61 Å². The summed E-state index contributed by atoms with van der Waals surface area (Å²) in [6.07, 6.45) is -5.54. The van der Waals surface area contributed by atoms with E-state index < -0.39 is 35.2 Å². The van der Waals surface area contributed by atoms with Gasteiger partial charge in [-0.05, 0) is 19.4 Å². The maximum absolute atomic E-state index is 12.2. The van der Waals surface area contributed by atoms with Crippen molar-refractivity contribution in [1.29, 1.82) is 0 Å². The molecule has 0 aromatic carbocycles. The highest BCUT2D eigenvalue weighted by Crippen LogP contribution is 2.31. The van der Waals surface area contributed by atoms with Crippen molar-refractivity contribution in [3.05, 3.63) is 27.4 Å². The minimum atomic E-state index is -5.13. The van der Waals surface area contributed by atoms with Crippen molar-refractivity contribution < 1.29 is 32.4 Å². The van der Waals surface area contributed by atoms with Crippen LogP contribution in [0.2, 0.25) is 0 Å². The molecule has 0 radical (unpaired) electrons. The molecule has 0 saturated heterocycles. The first-order valence-corrected chi connectivity index (χ1v) is 5.70. The van der Waals surface area contributed by atoms with Gasteiger partial charge in [0.1, 0.15) is 0 Å². The normalized spacial score (nSPS) is 11.1. The van der Waals surface area contributed by atoms with E-state index in [-0.39, 0.29) is 17.9 Å². The van der Waals surface area contributed by atoms with Crippen molar-refractivity contribution in [3.8, 4) is 5.88 Å². The number of rotatable bonds is 5. The van der Waals surface area contributed by atoms with Gasteiger partial charge in [-0.1, -0.05) is 0 Å². The van der Waals surface area contributed by atoms with Gasteiger partial charge in [0.25, 0.3) is 0 Å². The number of aryl methyl sites for hydroxylation is 1. The maximum Gasteiger partial charge on any atom is 0.574 e. The number of nitro groups is 1. The van der Waals surface area contributed by atoms with Gasteiger partial charge >= 0.3 is 23.9 Å². The van der Waals surface area contributed by atoms with Crippen molar-refractivity contribution >= 4 is 11.7 Å². The molecule has 7 nitrogen and oxygen atoms in total. The maximum atomic E-state index is 12.2. The minimum absolute atomic E-state index is 0.0849. The number of carbonyl (C=O) groups excluding carboxylic acids is 1. The second kappa shape index (κ2) is 6.37. The Morgan fingerprint density at radius 1 is 1.48 bits per heavy atom. The predicted octanol–water partition coefficient (Wildman–Crippen LogP) is 2.30. The van der Waals surface area contributed by atoms with Gasteiger partial charge in [0.2, 0.25) is 0 Å². The van der Waals surface area contributed by atoms with E-state index in [0.29, 0.717) is 0 Å². The minimum Gasteiger partial charge on any atom is -0.466 e. The van der Waals surface area contributed by atoms with Crippen molar-refractivity contribution in [1.82, 2.24) is 4.98 Å². The highest BCUT2D eigenvalue weighted by atomic mass is 19.4. The largest absolute Gasteiger partial charge is 0.574 e. The molecule has 1 aromatic rings. The number of carbonyl (C=O) groups is 1. The second-order valence-electron chi connectivity index (χ2n) is 3.86. The Morgan fingerprint density at radius 3 is 2.57 bits per heavy atom. The highest BCUT2D eigenvalue weighted by Gasteiger charge is 2.36. The molecule has 0 atom stereocenters. The number of esters is 1. The van der Waals surface area contributed by atoms with Crippen LogP contribution in [0.15, 0.2) is 6.07 Å². The van der Waals surface area contributed by atoms with E-state index >= 15 is 0 Å². The molecule has 0 bridgehead atoms. The van der Waals surface area contributed by atoms with Gasteiger partial charge in [0, 0.05) is 6.07 Å². The van der Waals surface area contributed by atoms with Crippen LogP contribution in [0.4, 0.5) is 18.9 Å². The summed E-state index contributed by atoms with van der Waals surface area (Å²) in [5, 5.41) is 10.7. The van der Waals surface area contributed by atoms with Gasteiger partial charge in [-0.2, -0.15) is 0 Å². The molecule has 0 aliphatic carbocycles. The highest BCUT2D eigenvalue weighted by molar-refractivity contribution is 5.72. The lowest BCUT2D eigenvalue weighted by Crippen LogP contribution is -2.20. The SMILES string of the molecule is CCOC(=O)Cc1nc(OC(F)(F)F)c([N+](=O)[O-])cc1C. The first kappa shape index (κ1) is 16.7. The van der Waals surface area contributed by atoms with Gasteiger partial charge < -0.3 is 9.47 Å². The van der Waals surface area contributed by atoms with Crippen LogP contribution in [0.25, 0.3) is 0 Å². The first-order valence-electron chi connectivity index (χ1n) is 5.70. The first-order chi connectivity index (χ1) is 9.64. The van der Waals surface area contributed by atoms with Crippen LogP contribution in [0.1, 0.15) is 18.2 Å². The predicted molar refractivity (Wildman–Crippen MR) is 62.6 cm³/mol. The van der Waals surface area contributed by atoms with Gasteiger partial charge in [0.15, 0.2) is 0 Å². The molecule has 0 amide bonds. The molecule has 1 aromatic heterocycles. The van der Waals surface area contributed by atoms with E-state index in [2.05, 4.69) is 14.5 Å². The summed E-state index contributed by atoms with van der Waals surface area (Å²) in [5.41, 5.74) is -0.833. The zero-order valence-electron chi connectivity index (χ0n) is 11.1. The number of pyridine rings is 1. The molecule has 1 rings (SSSR count). The van der Waals surface area contributed by atoms with E-state index in [4.69, 9.17) is 0 Å². The fourth-order valence-corrected chi connectivity index (χ4v) is 1.46. The Balaban J connectivity index is 3.20. The fraction of sp³-hybridized carbons (Fsp3) is 0.455. The average Bonchev–Trinajstić information content (AvgIpc) is 2.31. The molecule has 0 aliphatic heterocycles. The number of aromatic nitrogens is 1. The third-order valence-electron chi connectivity index (χ3n) is 2.29. The number of nitrogens with zero attached hydrogens (tertiary/aromatic N) is 2. The molecule has 0 unspecified atom stereocenters. The molecule has 10 heteroatoms. The van der Waals surface area contributed by atoms with Crippen LogP contribution in [0.5, 0.6) is 5.88 Å². The molecule has 21 heavy (non-hydrogen) atoms. The van der Waals surface area contributed by atoms with E-state index in [1.807, 2.05) is 0 Å². The quantitative estimate of drug-likeness (QED) is 0.471. The van der Waals surface area contributed by atoms with Crippen LogP contribution < -0.4 is 4.74 Å². The Kier molecular flexibility index (Phi) is 5.06. The Morgan fingerprint density at radius 2 is 2.10 bits per heavy atom. The molecular formula is C11H11F3N2O5. The Labute approximate surface area is 116 Å². The summed E-state index contributed by atoms with van der Waals surface area (Å²) < 4.78 is 44.8. The smallest absolute Gasteiger partial charge is 0.466 e. The van der Waals surface area contributed by atoms with Crippen molar-refractivity contribution in [2.45, 2.75) is 26.6 Å². The molecule has 1 heterocycles. The summed E-state index contributed by atoms with van der Waals surface area (Å²) >= 11 is 0. The standard InChI is InChI=1S/C11H11F3N2O5/c1-3-20-9(17)5-7-6(2)4-8(16(18)19)10(15-7)21-11(12,13)14/h4H,3,5H2,1-2H3. The number of hydrogen-bond acceptors (Lipinski definition) is 6. The van der Waals surface area contributed by atoms with E-state index in [9.17, 15) is 28.1 Å². The topological polar surface area (TPSA) is 91.6 Å². The van der Waals surface area contributed by atoms with Gasteiger partial charge in [-0.15, -0.1) is 13.2 Å². The van der Waals surface area contributed by atoms with Crippen molar-refractivity contribution in [3.63, 3.8) is 0 Å². The zero-order valence-corrected chi connectivity index (χ0v) is 11.1. The number of hydrogen-bond donors (Lipinski definition) is 0.